The smallest absolute Gasteiger partial charge is 0.213 e. The summed E-state index contributed by atoms with van der Waals surface area (Å²) in [5.74, 6) is -0.193. The highest BCUT2D eigenvalue weighted by Gasteiger charge is 2.15. The molecule has 3 heteroatoms. The van der Waals surface area contributed by atoms with Crippen molar-refractivity contribution in [1.29, 1.82) is 0 Å². The van der Waals surface area contributed by atoms with Gasteiger partial charge in [-0.25, -0.2) is 0 Å². The third kappa shape index (κ3) is 2.02. The van der Waals surface area contributed by atoms with Gasteiger partial charge in [-0.2, -0.15) is 0 Å². The van der Waals surface area contributed by atoms with E-state index in [2.05, 4.69) is 11.7 Å². The second-order valence-corrected chi connectivity index (χ2v) is 4.05. The number of aliphatic imine (C=N–C) groups is 1. The van der Waals surface area contributed by atoms with Crippen LogP contribution in [-0.4, -0.2) is 12.5 Å². The van der Waals surface area contributed by atoms with Crippen molar-refractivity contribution >= 4 is 23.3 Å². The lowest BCUT2D eigenvalue weighted by molar-refractivity contribution is 0.103. The lowest BCUT2D eigenvalue weighted by atomic mass is 9.99. The van der Waals surface area contributed by atoms with Gasteiger partial charge in [0, 0.05) is 11.3 Å². The summed E-state index contributed by atoms with van der Waals surface area (Å²) >= 11 is 0. The molecule has 0 saturated carbocycles. The van der Waals surface area contributed by atoms with Crippen LogP contribution in [0.1, 0.15) is 17.3 Å². The molecule has 2 aromatic carbocycles. The second-order valence-electron chi connectivity index (χ2n) is 4.05. The first-order valence-electron chi connectivity index (χ1n) is 5.60. The molecule has 2 aromatic rings. The monoisotopic (exact) mass is 238 g/mol. The van der Waals surface area contributed by atoms with Gasteiger partial charge in [0.25, 0.3) is 0 Å². The minimum atomic E-state index is -0.193. The predicted octanol–water partition coefficient (Wildman–Crippen LogP) is 2.91. The van der Waals surface area contributed by atoms with E-state index in [9.17, 15) is 4.79 Å². The lowest BCUT2D eigenvalue weighted by Gasteiger charge is -2.07. The van der Waals surface area contributed by atoms with Gasteiger partial charge in [-0.15, -0.1) is 0 Å². The largest absolute Gasteiger partial charge is 0.400 e. The molecule has 0 fully saturated rings. The van der Waals surface area contributed by atoms with E-state index in [0.29, 0.717) is 11.3 Å². The third-order valence-corrected chi connectivity index (χ3v) is 2.78. The van der Waals surface area contributed by atoms with Crippen LogP contribution >= 0.6 is 0 Å². The van der Waals surface area contributed by atoms with Crippen LogP contribution in [0.2, 0.25) is 0 Å². The molecule has 2 rings (SSSR count). The van der Waals surface area contributed by atoms with Crippen LogP contribution in [0.25, 0.3) is 10.8 Å². The fourth-order valence-corrected chi connectivity index (χ4v) is 1.93. The molecule has 0 atom stereocenters. The average molecular weight is 238 g/mol. The SMILES string of the molecule is C=N/C(C(=O)c1cccc2ccccc12)=C(/C)N. The van der Waals surface area contributed by atoms with Crippen LogP contribution in [0, 0.1) is 0 Å². The van der Waals surface area contributed by atoms with Crippen LogP contribution in [0.5, 0.6) is 0 Å². The molecule has 90 valence electrons. The molecule has 0 aliphatic heterocycles. The number of ketones is 1. The highest BCUT2D eigenvalue weighted by Crippen LogP contribution is 2.21. The Morgan fingerprint density at radius 2 is 1.83 bits per heavy atom. The van der Waals surface area contributed by atoms with Crippen molar-refractivity contribution in [1.82, 2.24) is 0 Å². The predicted molar refractivity (Wildman–Crippen MR) is 74.7 cm³/mol. The molecular weight excluding hydrogens is 224 g/mol. The number of rotatable bonds is 3. The van der Waals surface area contributed by atoms with Crippen molar-refractivity contribution in [2.75, 3.05) is 0 Å². The number of allylic oxidation sites excluding steroid dienone is 2. The topological polar surface area (TPSA) is 55.5 Å². The standard InChI is InChI=1S/C15H14N2O/c1-10(16)14(17-2)15(18)13-9-5-7-11-6-3-4-8-12(11)13/h3-9H,2,16H2,1H3/b14-10-. The average Bonchev–Trinajstić information content (AvgIpc) is 2.38. The number of benzene rings is 2. The van der Waals surface area contributed by atoms with E-state index in [1.807, 2.05) is 36.4 Å². The summed E-state index contributed by atoms with van der Waals surface area (Å²) in [5.41, 5.74) is 6.84. The molecule has 0 heterocycles. The van der Waals surface area contributed by atoms with Gasteiger partial charge in [0.15, 0.2) is 0 Å². The maximum absolute atomic E-state index is 12.4. The Bertz CT molecular complexity index is 647. The van der Waals surface area contributed by atoms with Crippen LogP contribution in [-0.2, 0) is 0 Å². The summed E-state index contributed by atoms with van der Waals surface area (Å²) in [6, 6.07) is 13.3. The molecule has 0 bridgehead atoms. The van der Waals surface area contributed by atoms with Crippen molar-refractivity contribution in [3.8, 4) is 0 Å². The summed E-state index contributed by atoms with van der Waals surface area (Å²) < 4.78 is 0. The highest BCUT2D eigenvalue weighted by molar-refractivity contribution is 6.16. The van der Waals surface area contributed by atoms with Crippen LogP contribution in [0.3, 0.4) is 0 Å². The Kier molecular flexibility index (Phi) is 3.24. The van der Waals surface area contributed by atoms with E-state index in [1.54, 1.807) is 13.0 Å². The molecule has 0 aliphatic carbocycles. The van der Waals surface area contributed by atoms with E-state index in [0.717, 1.165) is 10.8 Å². The van der Waals surface area contributed by atoms with E-state index in [4.69, 9.17) is 5.73 Å². The Balaban J connectivity index is 2.65. The highest BCUT2D eigenvalue weighted by atomic mass is 16.1. The number of carbonyl (C=O) groups excluding carboxylic acids is 1. The first kappa shape index (κ1) is 12.0. The summed E-state index contributed by atoms with van der Waals surface area (Å²) in [7, 11) is 0. The minimum absolute atomic E-state index is 0.193. The number of carbonyl (C=O) groups is 1. The van der Waals surface area contributed by atoms with Crippen LogP contribution in [0.4, 0.5) is 0 Å². The zero-order valence-electron chi connectivity index (χ0n) is 10.2. The molecule has 0 amide bonds. The fraction of sp³-hybridized carbons (Fsp3) is 0.0667. The van der Waals surface area contributed by atoms with Crippen molar-refractivity contribution in [2.45, 2.75) is 6.92 Å². The van der Waals surface area contributed by atoms with Crippen molar-refractivity contribution in [3.63, 3.8) is 0 Å². The lowest BCUT2D eigenvalue weighted by Crippen LogP contribution is -2.08. The van der Waals surface area contributed by atoms with Crippen molar-refractivity contribution in [2.24, 2.45) is 10.7 Å². The first-order valence-corrected chi connectivity index (χ1v) is 5.60. The van der Waals surface area contributed by atoms with Gasteiger partial charge in [-0.1, -0.05) is 42.5 Å². The van der Waals surface area contributed by atoms with E-state index < -0.39 is 0 Å². The summed E-state index contributed by atoms with van der Waals surface area (Å²) in [4.78, 5) is 16.1. The van der Waals surface area contributed by atoms with Gasteiger partial charge < -0.3 is 5.73 Å². The Morgan fingerprint density at radius 3 is 2.50 bits per heavy atom. The summed E-state index contributed by atoms with van der Waals surface area (Å²) in [5, 5.41) is 1.91. The number of fused-ring (bicyclic) bond motifs is 1. The van der Waals surface area contributed by atoms with Gasteiger partial charge >= 0.3 is 0 Å². The molecule has 0 unspecified atom stereocenters. The Morgan fingerprint density at radius 1 is 1.17 bits per heavy atom. The molecule has 0 radical (unpaired) electrons. The van der Waals surface area contributed by atoms with E-state index >= 15 is 0 Å². The molecule has 0 spiro atoms. The van der Waals surface area contributed by atoms with Crippen molar-refractivity contribution in [3.05, 3.63) is 59.4 Å². The third-order valence-electron chi connectivity index (χ3n) is 2.78. The second kappa shape index (κ2) is 4.84. The fourth-order valence-electron chi connectivity index (χ4n) is 1.93. The zero-order chi connectivity index (χ0) is 13.1. The summed E-state index contributed by atoms with van der Waals surface area (Å²) in [6.07, 6.45) is 0. The molecule has 3 nitrogen and oxygen atoms in total. The van der Waals surface area contributed by atoms with Crippen molar-refractivity contribution < 1.29 is 4.79 Å². The Labute approximate surface area is 106 Å². The van der Waals surface area contributed by atoms with E-state index in [1.165, 1.54) is 0 Å². The minimum Gasteiger partial charge on any atom is -0.400 e. The zero-order valence-corrected chi connectivity index (χ0v) is 10.2. The number of hydrogen-bond donors (Lipinski definition) is 1. The molecule has 0 aromatic heterocycles. The van der Waals surface area contributed by atoms with Gasteiger partial charge in [-0.3, -0.25) is 9.79 Å². The maximum atomic E-state index is 12.4. The van der Waals surface area contributed by atoms with Crippen LogP contribution < -0.4 is 5.73 Å². The first-order chi connectivity index (χ1) is 8.65. The number of Topliss-reactive ketones (excluding diaryl/α,β-unsaturated/α-hetero) is 1. The molecule has 18 heavy (non-hydrogen) atoms. The molecule has 0 saturated heterocycles. The van der Waals surface area contributed by atoms with Gasteiger partial charge in [0.2, 0.25) is 5.78 Å². The molecular formula is C15H14N2O. The van der Waals surface area contributed by atoms with Gasteiger partial charge in [-0.05, 0) is 24.4 Å². The Hall–Kier alpha value is -2.42. The maximum Gasteiger partial charge on any atom is 0.213 e. The quantitative estimate of drug-likeness (QED) is 0.508. The normalized spacial score (nSPS) is 12.1. The number of nitrogens with two attached hydrogens (primary N) is 1. The van der Waals surface area contributed by atoms with Crippen LogP contribution in [0.15, 0.2) is 58.9 Å². The number of hydrogen-bond acceptors (Lipinski definition) is 3. The molecule has 0 aliphatic rings. The van der Waals surface area contributed by atoms with E-state index in [-0.39, 0.29) is 11.5 Å². The van der Waals surface area contributed by atoms with Gasteiger partial charge in [0.1, 0.15) is 5.70 Å². The van der Waals surface area contributed by atoms with Gasteiger partial charge in [0.05, 0.1) is 0 Å². The molecule has 2 N–H and O–H groups in total. The summed E-state index contributed by atoms with van der Waals surface area (Å²) in [6.45, 7) is 5.05. The number of nitrogens with zero attached hydrogens (tertiary/aromatic N) is 1.